The summed E-state index contributed by atoms with van der Waals surface area (Å²) in [5.41, 5.74) is 0.154. The standard InChI is InChI=1S/C18H14F6N2O2S2/c1-25(15(27)17(19,20)21)11-3-7-13(8-4-11)29-30-14-9-5-12(6-10-14)26(2)16(28)18(22,23)24/h3-10H,1-2H3. The molecule has 0 unspecified atom stereocenters. The van der Waals surface area contributed by atoms with Crippen molar-refractivity contribution in [2.75, 3.05) is 23.9 Å². The molecule has 0 bridgehead atoms. The molecule has 162 valence electrons. The quantitative estimate of drug-likeness (QED) is 0.427. The Morgan fingerprint density at radius 1 is 0.633 bits per heavy atom. The van der Waals surface area contributed by atoms with Gasteiger partial charge in [-0.2, -0.15) is 26.3 Å². The third-order valence-corrected chi connectivity index (χ3v) is 6.19. The Hall–Kier alpha value is -2.34. The highest BCUT2D eigenvalue weighted by molar-refractivity contribution is 8.76. The molecule has 0 saturated heterocycles. The van der Waals surface area contributed by atoms with Crippen LogP contribution in [0.25, 0.3) is 0 Å². The number of nitrogens with zero attached hydrogens (tertiary/aromatic N) is 2. The van der Waals surface area contributed by atoms with Gasteiger partial charge in [0, 0.05) is 35.3 Å². The summed E-state index contributed by atoms with van der Waals surface area (Å²) in [6, 6.07) is 11.6. The molecule has 2 rings (SSSR count). The van der Waals surface area contributed by atoms with Gasteiger partial charge in [0.2, 0.25) is 0 Å². The fraction of sp³-hybridized carbons (Fsp3) is 0.222. The summed E-state index contributed by atoms with van der Waals surface area (Å²) in [7, 11) is 4.57. The minimum atomic E-state index is -4.97. The molecule has 0 saturated carbocycles. The summed E-state index contributed by atoms with van der Waals surface area (Å²) in [4.78, 5) is 24.8. The van der Waals surface area contributed by atoms with Crippen LogP contribution in [0.1, 0.15) is 0 Å². The summed E-state index contributed by atoms with van der Waals surface area (Å²) in [6.07, 6.45) is -9.94. The third kappa shape index (κ3) is 6.08. The fourth-order valence-corrected chi connectivity index (χ4v) is 4.09. The van der Waals surface area contributed by atoms with Gasteiger partial charge in [0.15, 0.2) is 0 Å². The van der Waals surface area contributed by atoms with Crippen molar-refractivity contribution >= 4 is 44.8 Å². The molecule has 0 fully saturated rings. The van der Waals surface area contributed by atoms with Gasteiger partial charge in [-0.3, -0.25) is 9.59 Å². The van der Waals surface area contributed by atoms with Gasteiger partial charge in [-0.05, 0) is 48.5 Å². The van der Waals surface area contributed by atoms with Crippen molar-refractivity contribution in [3.05, 3.63) is 48.5 Å². The van der Waals surface area contributed by atoms with Crippen LogP contribution in [0.15, 0.2) is 58.3 Å². The van der Waals surface area contributed by atoms with Gasteiger partial charge in [-0.15, -0.1) is 0 Å². The molecule has 12 heteroatoms. The second-order valence-corrected chi connectivity index (χ2v) is 8.15. The Bertz CT molecular complexity index is 823. The lowest BCUT2D eigenvalue weighted by atomic mass is 10.3. The van der Waals surface area contributed by atoms with Crippen molar-refractivity contribution in [2.24, 2.45) is 0 Å². The van der Waals surface area contributed by atoms with E-state index in [1.54, 1.807) is 0 Å². The summed E-state index contributed by atoms with van der Waals surface area (Å²) in [5.74, 6) is -3.96. The molecule has 0 heterocycles. The number of carbonyl (C=O) groups excluding carboxylic acids is 2. The van der Waals surface area contributed by atoms with Gasteiger partial charge in [0.1, 0.15) is 0 Å². The van der Waals surface area contributed by atoms with E-state index in [1.165, 1.54) is 70.1 Å². The summed E-state index contributed by atoms with van der Waals surface area (Å²) < 4.78 is 74.9. The first kappa shape index (κ1) is 23.9. The predicted molar refractivity (Wildman–Crippen MR) is 104 cm³/mol. The number of halogens is 6. The molecule has 0 aliphatic carbocycles. The van der Waals surface area contributed by atoms with Crippen LogP contribution in [0.3, 0.4) is 0 Å². The van der Waals surface area contributed by atoms with E-state index in [2.05, 4.69) is 0 Å². The Morgan fingerprint density at radius 2 is 0.900 bits per heavy atom. The van der Waals surface area contributed by atoms with E-state index >= 15 is 0 Å². The number of carbonyl (C=O) groups is 2. The summed E-state index contributed by atoms with van der Waals surface area (Å²) in [6.45, 7) is 0. The van der Waals surface area contributed by atoms with Crippen LogP contribution in [0.5, 0.6) is 0 Å². The van der Waals surface area contributed by atoms with Crippen molar-refractivity contribution in [1.29, 1.82) is 0 Å². The van der Waals surface area contributed by atoms with Crippen LogP contribution < -0.4 is 9.80 Å². The Kier molecular flexibility index (Phi) is 7.35. The van der Waals surface area contributed by atoms with E-state index < -0.39 is 24.2 Å². The lowest BCUT2D eigenvalue weighted by Crippen LogP contribution is -2.38. The second kappa shape index (κ2) is 9.21. The number of amides is 2. The van der Waals surface area contributed by atoms with Gasteiger partial charge in [-0.1, -0.05) is 21.6 Å². The maximum absolute atomic E-state index is 12.5. The molecule has 4 nitrogen and oxygen atoms in total. The normalized spacial score (nSPS) is 11.9. The summed E-state index contributed by atoms with van der Waals surface area (Å²) in [5, 5.41) is 0. The first-order valence-electron chi connectivity index (χ1n) is 8.05. The van der Waals surface area contributed by atoms with Crippen molar-refractivity contribution in [3.63, 3.8) is 0 Å². The van der Waals surface area contributed by atoms with Crippen LogP contribution in [-0.2, 0) is 9.59 Å². The maximum Gasteiger partial charge on any atom is 0.471 e. The van der Waals surface area contributed by atoms with Gasteiger partial charge in [0.05, 0.1) is 0 Å². The largest absolute Gasteiger partial charge is 0.471 e. The van der Waals surface area contributed by atoms with Gasteiger partial charge >= 0.3 is 24.2 Å². The first-order chi connectivity index (χ1) is 13.8. The Morgan fingerprint density at radius 3 is 1.13 bits per heavy atom. The average molecular weight is 468 g/mol. The minimum Gasteiger partial charge on any atom is -0.308 e. The Labute approximate surface area is 175 Å². The van der Waals surface area contributed by atoms with Gasteiger partial charge in [-0.25, -0.2) is 0 Å². The third-order valence-electron chi connectivity index (χ3n) is 3.78. The number of hydrogen-bond donors (Lipinski definition) is 0. The molecule has 0 aliphatic rings. The monoisotopic (exact) mass is 468 g/mol. The molecule has 30 heavy (non-hydrogen) atoms. The van der Waals surface area contributed by atoms with E-state index in [1.807, 2.05) is 0 Å². The molecule has 0 atom stereocenters. The highest BCUT2D eigenvalue weighted by Crippen LogP contribution is 2.38. The first-order valence-corrected chi connectivity index (χ1v) is 10.2. The van der Waals surface area contributed by atoms with Crippen LogP contribution in [0, 0.1) is 0 Å². The number of anilines is 2. The van der Waals surface area contributed by atoms with Crippen molar-refractivity contribution in [3.8, 4) is 0 Å². The number of rotatable bonds is 5. The van der Waals surface area contributed by atoms with Crippen molar-refractivity contribution in [2.45, 2.75) is 22.1 Å². The molecule has 0 radical (unpaired) electrons. The molecule has 2 amide bonds. The Balaban J connectivity index is 1.98. The lowest BCUT2D eigenvalue weighted by molar-refractivity contribution is -0.170. The predicted octanol–water partition coefficient (Wildman–Crippen LogP) is 5.54. The van der Waals surface area contributed by atoms with Crippen LogP contribution in [0.2, 0.25) is 0 Å². The molecular weight excluding hydrogens is 454 g/mol. The van der Waals surface area contributed by atoms with Crippen molar-refractivity contribution in [1.82, 2.24) is 0 Å². The van der Waals surface area contributed by atoms with Gasteiger partial charge < -0.3 is 9.80 Å². The molecule has 0 aromatic heterocycles. The number of benzene rings is 2. The van der Waals surface area contributed by atoms with E-state index in [0.717, 1.165) is 14.1 Å². The zero-order valence-electron chi connectivity index (χ0n) is 15.4. The average Bonchev–Trinajstić information content (AvgIpc) is 2.69. The smallest absolute Gasteiger partial charge is 0.308 e. The van der Waals surface area contributed by atoms with Gasteiger partial charge in [0.25, 0.3) is 0 Å². The van der Waals surface area contributed by atoms with E-state index in [0.29, 0.717) is 19.6 Å². The summed E-state index contributed by atoms with van der Waals surface area (Å²) >= 11 is 0. The molecule has 0 N–H and O–H groups in total. The van der Waals surface area contributed by atoms with E-state index in [4.69, 9.17) is 0 Å². The highest BCUT2D eigenvalue weighted by atomic mass is 33.1. The zero-order valence-corrected chi connectivity index (χ0v) is 17.0. The van der Waals surface area contributed by atoms with Crippen LogP contribution in [0.4, 0.5) is 37.7 Å². The van der Waals surface area contributed by atoms with Crippen LogP contribution in [-0.4, -0.2) is 38.3 Å². The fourth-order valence-electron chi connectivity index (χ4n) is 2.16. The molecule has 2 aromatic rings. The molecule has 0 spiro atoms. The number of alkyl halides is 6. The molecular formula is C18H14F6N2O2S2. The minimum absolute atomic E-state index is 0.0772. The van der Waals surface area contributed by atoms with Crippen molar-refractivity contribution < 1.29 is 35.9 Å². The lowest BCUT2D eigenvalue weighted by Gasteiger charge is -2.19. The number of hydrogen-bond acceptors (Lipinski definition) is 4. The van der Waals surface area contributed by atoms with Crippen LogP contribution >= 0.6 is 21.6 Å². The maximum atomic E-state index is 12.5. The second-order valence-electron chi connectivity index (χ2n) is 5.88. The zero-order chi connectivity index (χ0) is 22.7. The highest BCUT2D eigenvalue weighted by Gasteiger charge is 2.42. The molecule has 2 aromatic carbocycles. The SMILES string of the molecule is CN(C(=O)C(F)(F)F)c1ccc(SSc2ccc(N(C)C(=O)C(F)(F)F)cc2)cc1. The topological polar surface area (TPSA) is 40.6 Å². The molecule has 0 aliphatic heterocycles. The van der Waals surface area contributed by atoms with E-state index in [-0.39, 0.29) is 11.4 Å². The van der Waals surface area contributed by atoms with E-state index in [9.17, 15) is 35.9 Å².